The number of likely N-dealkylation sites (N-methyl/N-ethyl adjacent to an activating group) is 1. The average molecular weight is 358 g/mol. The van der Waals surface area contributed by atoms with Crippen molar-refractivity contribution in [2.45, 2.75) is 27.7 Å². The van der Waals surface area contributed by atoms with Crippen LogP contribution < -0.4 is 0 Å². The fourth-order valence-corrected chi connectivity index (χ4v) is 4.83. The minimum Gasteiger partial charge on any atom is -0.463 e. The summed E-state index contributed by atoms with van der Waals surface area (Å²) in [5.74, 6) is -1.68. The van der Waals surface area contributed by atoms with E-state index in [2.05, 4.69) is 0 Å². The van der Waals surface area contributed by atoms with Crippen LogP contribution in [0.1, 0.15) is 27.7 Å². The molecule has 0 N–H and O–H groups in total. The van der Waals surface area contributed by atoms with Crippen molar-refractivity contribution in [2.24, 2.45) is 0 Å². The van der Waals surface area contributed by atoms with Crippen LogP contribution in [0.4, 0.5) is 0 Å². The molecule has 0 radical (unpaired) electrons. The van der Waals surface area contributed by atoms with E-state index in [1.807, 2.05) is 18.7 Å². The molecule has 0 bridgehead atoms. The molecular weight excluding hydrogens is 332 g/mol. The van der Waals surface area contributed by atoms with Gasteiger partial charge >= 0.3 is 5.97 Å². The Labute approximate surface area is 133 Å². The highest BCUT2D eigenvalue weighted by molar-refractivity contribution is 8.04. The van der Waals surface area contributed by atoms with E-state index in [0.29, 0.717) is 6.54 Å². The minimum absolute atomic E-state index is 0.0900. The van der Waals surface area contributed by atoms with Crippen LogP contribution in [-0.2, 0) is 29.6 Å². The van der Waals surface area contributed by atoms with Gasteiger partial charge in [-0.25, -0.2) is 16.8 Å². The maximum Gasteiger partial charge on any atom is 0.322 e. The highest BCUT2D eigenvalue weighted by Gasteiger charge is 2.33. The van der Waals surface area contributed by atoms with E-state index in [4.69, 9.17) is 4.74 Å². The third kappa shape index (κ3) is 6.59. The van der Waals surface area contributed by atoms with E-state index in [1.165, 1.54) is 13.8 Å². The summed E-state index contributed by atoms with van der Waals surface area (Å²) in [5.41, 5.74) is 0. The lowest BCUT2D eigenvalue weighted by Gasteiger charge is -2.21. The van der Waals surface area contributed by atoms with E-state index in [-0.39, 0.29) is 10.3 Å². The minimum atomic E-state index is -4.04. The summed E-state index contributed by atoms with van der Waals surface area (Å²) in [6.45, 7) is 7.96. The molecule has 0 saturated carbocycles. The number of carbonyl (C=O) groups excluding carboxylic acids is 1. The predicted molar refractivity (Wildman–Crippen MR) is 84.4 cm³/mol. The van der Waals surface area contributed by atoms with Gasteiger partial charge in [-0.1, -0.05) is 17.6 Å². The van der Waals surface area contributed by atoms with Crippen LogP contribution in [0.2, 0.25) is 0 Å². The van der Waals surface area contributed by atoms with Gasteiger partial charge in [-0.3, -0.25) is 4.79 Å². The molecule has 0 saturated heterocycles. The molecule has 0 rings (SSSR count). The van der Waals surface area contributed by atoms with Gasteiger partial charge in [0.05, 0.1) is 11.5 Å². The number of esters is 1. The van der Waals surface area contributed by atoms with Crippen LogP contribution in [0.5, 0.6) is 0 Å². The smallest absolute Gasteiger partial charge is 0.322 e. The van der Waals surface area contributed by atoms with Crippen molar-refractivity contribution < 1.29 is 26.4 Å². The number of nitrogens with zero attached hydrogens (tertiary/aromatic N) is 2. The summed E-state index contributed by atoms with van der Waals surface area (Å²) in [5, 5.41) is 0. The Balaban J connectivity index is 4.80. The van der Waals surface area contributed by atoms with Gasteiger partial charge in [0.2, 0.25) is 20.0 Å². The zero-order valence-electron chi connectivity index (χ0n) is 13.6. The van der Waals surface area contributed by atoms with E-state index >= 15 is 0 Å². The molecule has 0 spiro atoms. The Morgan fingerprint density at radius 2 is 1.36 bits per heavy atom. The van der Waals surface area contributed by atoms with Crippen LogP contribution in [-0.4, -0.2) is 75.7 Å². The molecular formula is C12H26N2O6S2. The summed E-state index contributed by atoms with van der Waals surface area (Å²) >= 11 is 0. The zero-order valence-corrected chi connectivity index (χ0v) is 15.2. The van der Waals surface area contributed by atoms with Gasteiger partial charge in [-0.2, -0.15) is 0 Å². The highest BCUT2D eigenvalue weighted by Crippen LogP contribution is 2.10. The van der Waals surface area contributed by atoms with E-state index in [0.717, 1.165) is 13.1 Å². The van der Waals surface area contributed by atoms with E-state index in [9.17, 15) is 21.6 Å². The summed E-state index contributed by atoms with van der Waals surface area (Å²) in [4.78, 5) is 13.7. The Morgan fingerprint density at radius 1 is 0.909 bits per heavy atom. The van der Waals surface area contributed by atoms with Crippen molar-refractivity contribution in [1.29, 1.82) is 0 Å². The van der Waals surface area contributed by atoms with Crippen molar-refractivity contribution in [3.63, 3.8) is 0 Å². The lowest BCUT2D eigenvalue weighted by atomic mass is 10.5. The van der Waals surface area contributed by atoms with Gasteiger partial charge in [-0.05, 0) is 26.9 Å². The predicted octanol–water partition coefficient (Wildman–Crippen LogP) is -0.127. The second-order valence-electron chi connectivity index (χ2n) is 4.48. The third-order valence-electron chi connectivity index (χ3n) is 3.17. The van der Waals surface area contributed by atoms with Gasteiger partial charge in [-0.15, -0.1) is 0 Å². The number of rotatable bonds is 11. The van der Waals surface area contributed by atoms with Crippen molar-refractivity contribution in [2.75, 3.05) is 44.3 Å². The Hall–Kier alpha value is -0.710. The first kappa shape index (κ1) is 21.3. The molecule has 0 aromatic heterocycles. The van der Waals surface area contributed by atoms with Crippen molar-refractivity contribution in [3.05, 3.63) is 0 Å². The molecule has 0 atom stereocenters. The SMILES string of the molecule is CCN(CC)CCOC(=O)CN(S(=O)(=O)CC)S(=O)(=O)CC. The van der Waals surface area contributed by atoms with Crippen molar-refractivity contribution in [3.8, 4) is 0 Å². The van der Waals surface area contributed by atoms with Gasteiger partial charge in [0.1, 0.15) is 13.2 Å². The molecule has 0 amide bonds. The van der Waals surface area contributed by atoms with Gasteiger partial charge in [0.25, 0.3) is 0 Å². The van der Waals surface area contributed by atoms with Crippen LogP contribution >= 0.6 is 0 Å². The second kappa shape index (κ2) is 9.43. The zero-order chi connectivity index (χ0) is 17.4. The number of ether oxygens (including phenoxy) is 1. The topological polar surface area (TPSA) is 101 Å². The van der Waals surface area contributed by atoms with E-state index in [1.54, 1.807) is 0 Å². The van der Waals surface area contributed by atoms with Crippen molar-refractivity contribution >= 4 is 26.0 Å². The van der Waals surface area contributed by atoms with Gasteiger partial charge < -0.3 is 9.64 Å². The summed E-state index contributed by atoms with van der Waals surface area (Å²) < 4.78 is 52.6. The molecule has 0 aromatic carbocycles. The fourth-order valence-electron chi connectivity index (χ4n) is 1.64. The van der Waals surface area contributed by atoms with Gasteiger partial charge in [0, 0.05) is 6.54 Å². The average Bonchev–Trinajstić information content (AvgIpc) is 2.48. The lowest BCUT2D eigenvalue weighted by Crippen LogP contribution is -2.43. The standard InChI is InChI=1S/C12H26N2O6S2/c1-5-13(6-2)9-10-20-12(15)11-14(21(16,17)7-3)22(18,19)8-4/h5-11H2,1-4H3. The maximum absolute atomic E-state index is 11.8. The fraction of sp³-hybridized carbons (Fsp3) is 0.917. The summed E-state index contributed by atoms with van der Waals surface area (Å²) in [6.07, 6.45) is 0. The second-order valence-corrected chi connectivity index (χ2v) is 9.07. The van der Waals surface area contributed by atoms with Crippen molar-refractivity contribution in [1.82, 2.24) is 8.61 Å². The maximum atomic E-state index is 11.8. The molecule has 0 fully saturated rings. The van der Waals surface area contributed by atoms with Crippen LogP contribution in [0.3, 0.4) is 0 Å². The molecule has 10 heteroatoms. The van der Waals surface area contributed by atoms with Crippen LogP contribution in [0.15, 0.2) is 0 Å². The number of sulfonamides is 2. The highest BCUT2D eigenvalue weighted by atomic mass is 32.3. The molecule has 0 aromatic rings. The molecule has 22 heavy (non-hydrogen) atoms. The van der Waals surface area contributed by atoms with E-state index < -0.39 is 44.1 Å². The first-order valence-corrected chi connectivity index (χ1v) is 10.5. The first-order valence-electron chi connectivity index (χ1n) is 7.25. The number of hydrogen-bond acceptors (Lipinski definition) is 7. The molecule has 132 valence electrons. The molecule has 0 heterocycles. The molecule has 0 unspecified atom stereocenters. The summed E-state index contributed by atoms with van der Waals surface area (Å²) in [7, 11) is -8.08. The Morgan fingerprint density at radius 3 is 1.73 bits per heavy atom. The monoisotopic (exact) mass is 358 g/mol. The molecule has 0 aliphatic rings. The summed E-state index contributed by atoms with van der Waals surface area (Å²) in [6, 6.07) is 0. The Bertz CT molecular complexity index is 506. The normalized spacial score (nSPS) is 12.8. The lowest BCUT2D eigenvalue weighted by molar-refractivity contribution is -0.143. The van der Waals surface area contributed by atoms with Crippen LogP contribution in [0, 0.1) is 0 Å². The first-order chi connectivity index (χ1) is 10.1. The largest absolute Gasteiger partial charge is 0.463 e. The molecule has 0 aliphatic carbocycles. The number of carbonyl (C=O) groups is 1. The quantitative estimate of drug-likeness (QED) is 0.474. The third-order valence-corrected chi connectivity index (χ3v) is 7.49. The molecule has 0 aliphatic heterocycles. The Kier molecular flexibility index (Phi) is 9.13. The van der Waals surface area contributed by atoms with Crippen LogP contribution in [0.25, 0.3) is 0 Å². The molecule has 8 nitrogen and oxygen atoms in total. The van der Waals surface area contributed by atoms with Gasteiger partial charge in [0.15, 0.2) is 0 Å². The number of hydrogen-bond donors (Lipinski definition) is 0.